The molecule has 3 N–H and O–H groups in total. The van der Waals surface area contributed by atoms with Crippen molar-refractivity contribution in [2.24, 2.45) is 0 Å². The van der Waals surface area contributed by atoms with E-state index >= 15 is 0 Å². The molecule has 0 heterocycles. The minimum Gasteiger partial charge on any atom is -0.399 e. The fourth-order valence-electron chi connectivity index (χ4n) is 1.93. The van der Waals surface area contributed by atoms with Gasteiger partial charge in [-0.2, -0.15) is 0 Å². The maximum Gasteiger partial charge on any atom is 0.240 e. The second kappa shape index (κ2) is 7.42. The van der Waals surface area contributed by atoms with Crippen LogP contribution in [0.5, 0.6) is 0 Å². The minimum atomic E-state index is -3.61. The molecule has 0 spiro atoms. The first-order valence-electron chi connectivity index (χ1n) is 6.95. The van der Waals surface area contributed by atoms with Gasteiger partial charge in [0.2, 0.25) is 15.9 Å². The van der Waals surface area contributed by atoms with Crippen LogP contribution in [0.1, 0.15) is 25.8 Å². The van der Waals surface area contributed by atoms with Gasteiger partial charge in [-0.15, -0.1) is 0 Å². The second-order valence-electron chi connectivity index (χ2n) is 4.73. The van der Waals surface area contributed by atoms with E-state index in [9.17, 15) is 13.2 Å². The van der Waals surface area contributed by atoms with Gasteiger partial charge in [0, 0.05) is 31.7 Å². The Kier molecular flexibility index (Phi) is 6.17. The first kappa shape index (κ1) is 17.5. The van der Waals surface area contributed by atoms with Crippen LogP contribution < -0.4 is 10.5 Å². The van der Waals surface area contributed by atoms with Gasteiger partial charge >= 0.3 is 0 Å². The lowest BCUT2D eigenvalue weighted by Crippen LogP contribution is -2.34. The van der Waals surface area contributed by atoms with E-state index in [4.69, 9.17) is 5.73 Å². The lowest BCUT2D eigenvalue weighted by Gasteiger charge is -2.18. The van der Waals surface area contributed by atoms with E-state index in [0.717, 1.165) is 0 Å². The van der Waals surface area contributed by atoms with Crippen molar-refractivity contribution in [3.05, 3.63) is 23.8 Å². The monoisotopic (exact) mass is 313 g/mol. The van der Waals surface area contributed by atoms with Gasteiger partial charge in [0.05, 0.1) is 4.90 Å². The van der Waals surface area contributed by atoms with Gasteiger partial charge in [0.1, 0.15) is 0 Å². The number of hydrogen-bond acceptors (Lipinski definition) is 4. The second-order valence-corrected chi connectivity index (χ2v) is 6.50. The fraction of sp³-hybridized carbons (Fsp3) is 0.500. The maximum atomic E-state index is 12.1. The van der Waals surface area contributed by atoms with Crippen molar-refractivity contribution in [3.63, 3.8) is 0 Å². The van der Waals surface area contributed by atoms with Crippen LogP contribution in [0.2, 0.25) is 0 Å². The molecule has 0 atom stereocenters. The molecule has 0 saturated carbocycles. The molecule has 1 amide bonds. The molecule has 6 nitrogen and oxygen atoms in total. The lowest BCUT2D eigenvalue weighted by atomic mass is 10.2. The van der Waals surface area contributed by atoms with Gasteiger partial charge in [0.15, 0.2) is 0 Å². The van der Waals surface area contributed by atoms with Crippen molar-refractivity contribution in [1.29, 1.82) is 0 Å². The number of carbonyl (C=O) groups excluding carboxylic acids is 1. The molecular weight excluding hydrogens is 290 g/mol. The summed E-state index contributed by atoms with van der Waals surface area (Å²) in [5.41, 5.74) is 6.92. The molecule has 7 heteroatoms. The van der Waals surface area contributed by atoms with Crippen molar-refractivity contribution in [2.75, 3.05) is 25.4 Å². The molecular formula is C14H23N3O3S. The third-order valence-electron chi connectivity index (χ3n) is 3.30. The topological polar surface area (TPSA) is 92.5 Å². The Morgan fingerprint density at radius 1 is 1.29 bits per heavy atom. The zero-order valence-electron chi connectivity index (χ0n) is 12.7. The number of nitrogens with two attached hydrogens (primary N) is 1. The highest BCUT2D eigenvalue weighted by Gasteiger charge is 2.16. The molecule has 1 aromatic rings. The van der Waals surface area contributed by atoms with Crippen molar-refractivity contribution >= 4 is 21.6 Å². The molecule has 118 valence electrons. The SMILES string of the molecule is CCN(CC)C(=O)CCNS(=O)(=O)c1ccc(N)c(C)c1. The Labute approximate surface area is 126 Å². The van der Waals surface area contributed by atoms with Crippen LogP contribution >= 0.6 is 0 Å². The minimum absolute atomic E-state index is 0.0591. The van der Waals surface area contributed by atoms with Crippen LogP contribution in [0.25, 0.3) is 0 Å². The van der Waals surface area contributed by atoms with Crippen LogP contribution in [0.15, 0.2) is 23.1 Å². The summed E-state index contributed by atoms with van der Waals surface area (Å²) in [7, 11) is -3.61. The molecule has 0 saturated heterocycles. The molecule has 0 radical (unpaired) electrons. The third kappa shape index (κ3) is 4.71. The van der Waals surface area contributed by atoms with Gasteiger partial charge in [-0.25, -0.2) is 13.1 Å². The van der Waals surface area contributed by atoms with Crippen molar-refractivity contribution in [1.82, 2.24) is 9.62 Å². The largest absolute Gasteiger partial charge is 0.399 e. The summed E-state index contributed by atoms with van der Waals surface area (Å²) in [5, 5.41) is 0. The molecule has 1 rings (SSSR count). The Morgan fingerprint density at radius 2 is 1.90 bits per heavy atom. The Morgan fingerprint density at radius 3 is 2.43 bits per heavy atom. The summed E-state index contributed by atoms with van der Waals surface area (Å²) in [6.07, 6.45) is 0.148. The van der Waals surface area contributed by atoms with Crippen LogP contribution in [0.4, 0.5) is 5.69 Å². The number of hydrogen-bond donors (Lipinski definition) is 2. The number of nitrogens with zero attached hydrogens (tertiary/aromatic N) is 1. The highest BCUT2D eigenvalue weighted by atomic mass is 32.2. The summed E-state index contributed by atoms with van der Waals surface area (Å²) in [5.74, 6) is -0.0591. The molecule has 0 aliphatic carbocycles. The Hall–Kier alpha value is -1.60. The first-order valence-corrected chi connectivity index (χ1v) is 8.43. The number of sulfonamides is 1. The van der Waals surface area contributed by atoms with Gasteiger partial charge in [-0.05, 0) is 44.5 Å². The first-order chi connectivity index (χ1) is 9.81. The number of anilines is 1. The zero-order valence-corrected chi connectivity index (χ0v) is 13.5. The van der Waals surface area contributed by atoms with E-state index in [1.165, 1.54) is 12.1 Å². The summed E-state index contributed by atoms with van der Waals surface area (Å²) in [6.45, 7) is 6.86. The molecule has 21 heavy (non-hydrogen) atoms. The predicted molar refractivity (Wildman–Crippen MR) is 83.3 cm³/mol. The Balaban J connectivity index is 2.65. The molecule has 1 aromatic carbocycles. The molecule has 0 bridgehead atoms. The molecule has 0 fully saturated rings. The lowest BCUT2D eigenvalue weighted by molar-refractivity contribution is -0.130. The van der Waals surface area contributed by atoms with Crippen LogP contribution in [0.3, 0.4) is 0 Å². The Bertz CT molecular complexity index is 595. The van der Waals surface area contributed by atoms with E-state index in [0.29, 0.717) is 24.3 Å². The van der Waals surface area contributed by atoms with E-state index < -0.39 is 10.0 Å². The van der Waals surface area contributed by atoms with E-state index in [2.05, 4.69) is 4.72 Å². The molecule has 0 aromatic heterocycles. The molecule has 0 aliphatic rings. The summed E-state index contributed by atoms with van der Waals surface area (Å²) in [6, 6.07) is 4.53. The average molecular weight is 313 g/mol. The van der Waals surface area contributed by atoms with Crippen molar-refractivity contribution in [2.45, 2.75) is 32.1 Å². The van der Waals surface area contributed by atoms with Gasteiger partial charge < -0.3 is 10.6 Å². The summed E-state index contributed by atoms with van der Waals surface area (Å²) >= 11 is 0. The van der Waals surface area contributed by atoms with Crippen LogP contribution in [-0.2, 0) is 14.8 Å². The average Bonchev–Trinajstić information content (AvgIpc) is 2.43. The van der Waals surface area contributed by atoms with Gasteiger partial charge in [0.25, 0.3) is 0 Å². The van der Waals surface area contributed by atoms with E-state index in [1.807, 2.05) is 13.8 Å². The highest BCUT2D eigenvalue weighted by Crippen LogP contribution is 2.16. The predicted octanol–water partition coefficient (Wildman–Crippen LogP) is 1.11. The maximum absolute atomic E-state index is 12.1. The van der Waals surface area contributed by atoms with Crippen molar-refractivity contribution in [3.8, 4) is 0 Å². The van der Waals surface area contributed by atoms with Crippen LogP contribution in [-0.4, -0.2) is 38.9 Å². The van der Waals surface area contributed by atoms with Gasteiger partial charge in [-0.3, -0.25) is 4.79 Å². The third-order valence-corrected chi connectivity index (χ3v) is 4.76. The summed E-state index contributed by atoms with van der Waals surface area (Å²) < 4.78 is 26.7. The van der Waals surface area contributed by atoms with Crippen LogP contribution in [0, 0.1) is 6.92 Å². The highest BCUT2D eigenvalue weighted by molar-refractivity contribution is 7.89. The number of rotatable bonds is 7. The smallest absolute Gasteiger partial charge is 0.240 e. The fourth-order valence-corrected chi connectivity index (χ4v) is 3.04. The van der Waals surface area contributed by atoms with Gasteiger partial charge in [-0.1, -0.05) is 0 Å². The number of nitrogen functional groups attached to an aromatic ring is 1. The molecule has 0 aliphatic heterocycles. The van der Waals surface area contributed by atoms with E-state index in [-0.39, 0.29) is 23.8 Å². The standard InChI is InChI=1S/C14H23N3O3S/c1-4-17(5-2)14(18)8-9-16-21(19,20)12-6-7-13(15)11(3)10-12/h6-7,10,16H,4-5,8-9,15H2,1-3H3. The van der Waals surface area contributed by atoms with Crippen molar-refractivity contribution < 1.29 is 13.2 Å². The van der Waals surface area contributed by atoms with E-state index in [1.54, 1.807) is 17.9 Å². The summed E-state index contributed by atoms with van der Waals surface area (Å²) in [4.78, 5) is 13.6. The number of nitrogens with one attached hydrogen (secondary N) is 1. The molecule has 0 unspecified atom stereocenters. The number of carbonyl (C=O) groups is 1. The normalized spacial score (nSPS) is 11.4. The number of benzene rings is 1. The quantitative estimate of drug-likeness (QED) is 0.738. The number of amides is 1. The number of aryl methyl sites for hydroxylation is 1. The zero-order chi connectivity index (χ0) is 16.0.